The fourth-order valence-electron chi connectivity index (χ4n) is 5.70. The summed E-state index contributed by atoms with van der Waals surface area (Å²) in [6.45, 7) is 22.7. The fraction of sp³-hybridized carbons (Fsp3) is 0.571. The number of benzene rings is 1. The van der Waals surface area contributed by atoms with Gasteiger partial charge in [-0.25, -0.2) is 0 Å². The molecule has 0 heteroatoms. The highest BCUT2D eigenvalue weighted by Crippen LogP contribution is 2.47. The van der Waals surface area contributed by atoms with E-state index in [2.05, 4.69) is 65.6 Å². The van der Waals surface area contributed by atoms with E-state index in [9.17, 15) is 0 Å². The van der Waals surface area contributed by atoms with Gasteiger partial charge in [-0.15, -0.1) is 0 Å². The van der Waals surface area contributed by atoms with Gasteiger partial charge in [-0.3, -0.25) is 0 Å². The van der Waals surface area contributed by atoms with E-state index < -0.39 is 0 Å². The lowest BCUT2D eigenvalue weighted by atomic mass is 9.79. The topological polar surface area (TPSA) is 0 Å². The molecule has 2 saturated carbocycles. The Hall–Kier alpha value is -1.56. The van der Waals surface area contributed by atoms with Crippen LogP contribution in [0.15, 0.2) is 54.7 Å². The molecule has 0 nitrogen and oxygen atoms in total. The van der Waals surface area contributed by atoms with Crippen molar-refractivity contribution in [1.82, 2.24) is 0 Å². The van der Waals surface area contributed by atoms with Crippen molar-refractivity contribution >= 4 is 0 Å². The lowest BCUT2D eigenvalue weighted by Gasteiger charge is -2.26. The van der Waals surface area contributed by atoms with Crippen LogP contribution in [0.1, 0.15) is 69.1 Å². The van der Waals surface area contributed by atoms with Crippen molar-refractivity contribution in [1.29, 1.82) is 0 Å². The van der Waals surface area contributed by atoms with Crippen LogP contribution in [0.25, 0.3) is 0 Å². The van der Waals surface area contributed by atoms with E-state index in [1.54, 1.807) is 0 Å². The second-order valence-corrected chi connectivity index (χ2v) is 9.89. The maximum Gasteiger partial charge on any atom is -0.00668 e. The Balaban J connectivity index is 1.61. The summed E-state index contributed by atoms with van der Waals surface area (Å²) in [5.74, 6) is 3.32. The van der Waals surface area contributed by atoms with Gasteiger partial charge in [0.25, 0.3) is 0 Å². The monoisotopic (exact) mass is 376 g/mol. The minimum Gasteiger partial charge on any atom is -0.0992 e. The van der Waals surface area contributed by atoms with Crippen molar-refractivity contribution < 1.29 is 0 Å². The minimum absolute atomic E-state index is 0.591. The van der Waals surface area contributed by atoms with Crippen LogP contribution < -0.4 is 0 Å². The molecule has 1 aromatic carbocycles. The van der Waals surface area contributed by atoms with Crippen LogP contribution in [0.5, 0.6) is 0 Å². The van der Waals surface area contributed by atoms with Gasteiger partial charge in [0.1, 0.15) is 0 Å². The van der Waals surface area contributed by atoms with Crippen molar-refractivity contribution in [3.05, 3.63) is 71.3 Å². The maximum absolute atomic E-state index is 4.53. The van der Waals surface area contributed by atoms with E-state index in [1.807, 2.05) is 0 Å². The molecule has 28 heavy (non-hydrogen) atoms. The van der Waals surface area contributed by atoms with Crippen LogP contribution in [0.4, 0.5) is 0 Å². The number of hydrogen-bond acceptors (Lipinski definition) is 0. The number of aryl methyl sites for hydroxylation is 2. The van der Waals surface area contributed by atoms with Gasteiger partial charge in [0.15, 0.2) is 0 Å². The zero-order chi connectivity index (χ0) is 20.4. The van der Waals surface area contributed by atoms with Crippen LogP contribution >= 0.6 is 0 Å². The molecule has 0 saturated heterocycles. The lowest BCUT2D eigenvalue weighted by Crippen LogP contribution is -2.14. The van der Waals surface area contributed by atoms with Crippen molar-refractivity contribution in [2.24, 2.45) is 29.6 Å². The third-order valence-corrected chi connectivity index (χ3v) is 7.97. The number of rotatable bonds is 7. The smallest absolute Gasteiger partial charge is 0.00668 e. The molecule has 0 heterocycles. The molecule has 152 valence electrons. The summed E-state index contributed by atoms with van der Waals surface area (Å²) >= 11 is 0. The van der Waals surface area contributed by atoms with Gasteiger partial charge < -0.3 is 0 Å². The predicted octanol–water partition coefficient (Wildman–Crippen LogP) is 8.00. The Labute approximate surface area is 173 Å². The van der Waals surface area contributed by atoms with Crippen LogP contribution in [0.3, 0.4) is 0 Å². The number of hydrogen-bond donors (Lipinski definition) is 0. The van der Waals surface area contributed by atoms with Gasteiger partial charge in [0.2, 0.25) is 0 Å². The Bertz CT molecular complexity index is 743. The zero-order valence-corrected chi connectivity index (χ0v) is 18.7. The molecule has 0 spiro atoms. The Morgan fingerprint density at radius 2 is 1.71 bits per heavy atom. The summed E-state index contributed by atoms with van der Waals surface area (Å²) in [5.41, 5.74) is 8.24. The molecule has 4 atom stereocenters. The molecule has 2 fully saturated rings. The molecule has 0 aliphatic heterocycles. The van der Waals surface area contributed by atoms with Crippen molar-refractivity contribution in [3.8, 4) is 0 Å². The molecule has 0 amide bonds. The van der Waals surface area contributed by atoms with Gasteiger partial charge >= 0.3 is 0 Å². The molecule has 2 aliphatic carbocycles. The van der Waals surface area contributed by atoms with E-state index in [1.165, 1.54) is 71.9 Å². The predicted molar refractivity (Wildman–Crippen MR) is 124 cm³/mol. The lowest BCUT2D eigenvalue weighted by molar-refractivity contribution is 0.412. The third kappa shape index (κ3) is 4.53. The van der Waals surface area contributed by atoms with Gasteiger partial charge in [-0.1, -0.05) is 70.2 Å². The van der Waals surface area contributed by atoms with Crippen LogP contribution in [-0.4, -0.2) is 0 Å². The Morgan fingerprint density at radius 1 is 1.04 bits per heavy atom. The average Bonchev–Trinajstić information content (AvgIpc) is 3.32. The summed E-state index contributed by atoms with van der Waals surface area (Å²) in [4.78, 5) is 0. The average molecular weight is 377 g/mol. The molecule has 3 rings (SSSR count). The maximum atomic E-state index is 4.53. The first kappa shape index (κ1) is 21.2. The summed E-state index contributed by atoms with van der Waals surface area (Å²) in [6, 6.07) is 6.85. The molecular formula is C28H40. The molecule has 0 bridgehead atoms. The zero-order valence-electron chi connectivity index (χ0n) is 18.7. The standard InChI is InChI=1S/C28H40/c1-18-12-13-25(14-19(18)2)15-20(3)28-17-27(16-21(28)4)24(7)22(5)23(6)26-10-8-9-11-26/h12-14,21,23,26-28H,3,5,7-11,15-17H2,1-2,4,6H3. The van der Waals surface area contributed by atoms with Gasteiger partial charge in [0, 0.05) is 0 Å². The highest BCUT2D eigenvalue weighted by atomic mass is 14.4. The fourth-order valence-corrected chi connectivity index (χ4v) is 5.70. The largest absolute Gasteiger partial charge is 0.0992 e. The Morgan fingerprint density at radius 3 is 2.36 bits per heavy atom. The quantitative estimate of drug-likeness (QED) is 0.334. The molecular weight excluding hydrogens is 336 g/mol. The van der Waals surface area contributed by atoms with Crippen LogP contribution in [0, 0.1) is 43.4 Å². The first-order chi connectivity index (χ1) is 13.3. The van der Waals surface area contributed by atoms with Gasteiger partial charge in [0.05, 0.1) is 0 Å². The van der Waals surface area contributed by atoms with Crippen LogP contribution in [-0.2, 0) is 6.42 Å². The van der Waals surface area contributed by atoms with Crippen molar-refractivity contribution in [3.63, 3.8) is 0 Å². The number of allylic oxidation sites excluding steroid dienone is 3. The highest BCUT2D eigenvalue weighted by Gasteiger charge is 2.36. The second-order valence-electron chi connectivity index (χ2n) is 9.89. The molecule has 0 aromatic heterocycles. The second kappa shape index (κ2) is 8.85. The first-order valence-corrected chi connectivity index (χ1v) is 11.4. The molecule has 0 radical (unpaired) electrons. The van der Waals surface area contributed by atoms with E-state index in [4.69, 9.17) is 0 Å². The van der Waals surface area contributed by atoms with E-state index >= 15 is 0 Å². The Kier molecular flexibility index (Phi) is 6.69. The molecule has 4 unspecified atom stereocenters. The SMILES string of the molecule is C=C(C(=C)C(C)C1CCCC1)C1CC(C)C(C(=C)Cc2ccc(C)c(C)c2)C1. The summed E-state index contributed by atoms with van der Waals surface area (Å²) < 4.78 is 0. The molecule has 1 aromatic rings. The molecule has 0 N–H and O–H groups in total. The minimum atomic E-state index is 0.591. The van der Waals surface area contributed by atoms with Crippen molar-refractivity contribution in [2.45, 2.75) is 72.6 Å². The summed E-state index contributed by atoms with van der Waals surface area (Å²) in [7, 11) is 0. The summed E-state index contributed by atoms with van der Waals surface area (Å²) in [5, 5.41) is 0. The van der Waals surface area contributed by atoms with Gasteiger partial charge in [-0.2, -0.15) is 0 Å². The third-order valence-electron chi connectivity index (χ3n) is 7.97. The van der Waals surface area contributed by atoms with E-state index in [0.717, 1.165) is 12.3 Å². The highest BCUT2D eigenvalue weighted by molar-refractivity contribution is 5.34. The summed E-state index contributed by atoms with van der Waals surface area (Å²) in [6.07, 6.45) is 9.01. The van der Waals surface area contributed by atoms with Crippen LogP contribution in [0.2, 0.25) is 0 Å². The molecule has 2 aliphatic rings. The first-order valence-electron chi connectivity index (χ1n) is 11.4. The van der Waals surface area contributed by atoms with E-state index in [-0.39, 0.29) is 0 Å². The van der Waals surface area contributed by atoms with E-state index in [0.29, 0.717) is 23.7 Å². The van der Waals surface area contributed by atoms with Gasteiger partial charge in [-0.05, 0) is 103 Å². The normalized spacial score (nSPS) is 26.4. The van der Waals surface area contributed by atoms with Crippen molar-refractivity contribution in [2.75, 3.05) is 0 Å².